The maximum absolute atomic E-state index is 12.9. The van der Waals surface area contributed by atoms with Crippen molar-refractivity contribution in [3.05, 3.63) is 35.6 Å². The first-order chi connectivity index (χ1) is 10.2. The van der Waals surface area contributed by atoms with Gasteiger partial charge in [0, 0.05) is 19.1 Å². The van der Waals surface area contributed by atoms with Gasteiger partial charge in [0.1, 0.15) is 5.82 Å². The van der Waals surface area contributed by atoms with Crippen molar-refractivity contribution >= 4 is 5.91 Å². The molecule has 0 aliphatic carbocycles. The first-order valence-corrected chi connectivity index (χ1v) is 7.98. The maximum atomic E-state index is 12.9. The highest BCUT2D eigenvalue weighted by Crippen LogP contribution is 2.21. The van der Waals surface area contributed by atoms with Crippen molar-refractivity contribution in [3.8, 4) is 0 Å². The normalized spacial score (nSPS) is 22.9. The maximum Gasteiger partial charge on any atom is 0.227 e. The summed E-state index contributed by atoms with van der Waals surface area (Å²) in [6.45, 7) is 4.25. The molecule has 1 aromatic carbocycles. The molecule has 1 atom stereocenters. The molecule has 0 N–H and O–H groups in total. The van der Waals surface area contributed by atoms with E-state index in [0.29, 0.717) is 12.5 Å². The summed E-state index contributed by atoms with van der Waals surface area (Å²) < 4.78 is 12.9. The van der Waals surface area contributed by atoms with Crippen LogP contribution in [-0.4, -0.2) is 47.9 Å². The van der Waals surface area contributed by atoms with Crippen molar-refractivity contribution in [2.75, 3.05) is 26.2 Å². The number of amides is 1. The molecule has 0 aromatic heterocycles. The van der Waals surface area contributed by atoms with Gasteiger partial charge < -0.3 is 9.80 Å². The molecular weight excluding hydrogens is 267 g/mol. The van der Waals surface area contributed by atoms with Gasteiger partial charge in [0.2, 0.25) is 5.91 Å². The molecule has 2 heterocycles. The molecule has 0 unspecified atom stereocenters. The first kappa shape index (κ1) is 14.5. The Kier molecular flexibility index (Phi) is 4.54. The van der Waals surface area contributed by atoms with Gasteiger partial charge in [0.15, 0.2) is 0 Å². The average Bonchev–Trinajstić information content (AvgIpc) is 3.13. The predicted molar refractivity (Wildman–Crippen MR) is 80.5 cm³/mol. The number of benzene rings is 1. The van der Waals surface area contributed by atoms with E-state index in [2.05, 4.69) is 4.90 Å². The Balaban J connectivity index is 1.58. The second kappa shape index (κ2) is 6.56. The monoisotopic (exact) mass is 290 g/mol. The lowest BCUT2D eigenvalue weighted by Gasteiger charge is -2.28. The largest absolute Gasteiger partial charge is 0.338 e. The van der Waals surface area contributed by atoms with Gasteiger partial charge in [-0.1, -0.05) is 12.1 Å². The lowest BCUT2D eigenvalue weighted by atomic mass is 10.1. The molecule has 2 saturated heterocycles. The fraction of sp³-hybridized carbons (Fsp3) is 0.588. The van der Waals surface area contributed by atoms with Crippen molar-refractivity contribution in [3.63, 3.8) is 0 Å². The molecule has 2 fully saturated rings. The van der Waals surface area contributed by atoms with E-state index in [-0.39, 0.29) is 11.7 Å². The summed E-state index contributed by atoms with van der Waals surface area (Å²) in [6, 6.07) is 6.64. The zero-order valence-corrected chi connectivity index (χ0v) is 12.4. The van der Waals surface area contributed by atoms with E-state index in [1.54, 1.807) is 12.1 Å². The number of rotatable bonds is 4. The highest BCUT2D eigenvalue weighted by Gasteiger charge is 2.30. The fourth-order valence-electron chi connectivity index (χ4n) is 3.50. The van der Waals surface area contributed by atoms with Crippen LogP contribution in [0.25, 0.3) is 0 Å². The third-order valence-corrected chi connectivity index (χ3v) is 4.63. The standard InChI is InChI=1S/C17H23FN2O/c18-15-7-5-14(6-8-15)12-17(21)20-11-3-4-16(20)13-19-9-1-2-10-19/h5-8,16H,1-4,9-13H2/t16-/m0/s1. The Labute approximate surface area is 125 Å². The Morgan fingerprint density at radius 1 is 1.10 bits per heavy atom. The van der Waals surface area contributed by atoms with Gasteiger partial charge in [-0.05, 0) is 56.5 Å². The van der Waals surface area contributed by atoms with Gasteiger partial charge in [-0.15, -0.1) is 0 Å². The molecule has 2 aliphatic heterocycles. The molecule has 2 aliphatic rings. The van der Waals surface area contributed by atoms with Crippen LogP contribution in [0.15, 0.2) is 24.3 Å². The quantitative estimate of drug-likeness (QED) is 0.850. The molecule has 1 aromatic rings. The van der Waals surface area contributed by atoms with Gasteiger partial charge in [0.05, 0.1) is 6.42 Å². The minimum absolute atomic E-state index is 0.184. The smallest absolute Gasteiger partial charge is 0.227 e. The molecule has 0 bridgehead atoms. The summed E-state index contributed by atoms with van der Waals surface area (Å²) in [5.41, 5.74) is 0.897. The summed E-state index contributed by atoms with van der Waals surface area (Å²) >= 11 is 0. The van der Waals surface area contributed by atoms with Crippen molar-refractivity contribution in [2.45, 2.75) is 38.1 Å². The van der Waals surface area contributed by atoms with E-state index in [1.807, 2.05) is 4.90 Å². The second-order valence-electron chi connectivity index (χ2n) is 6.19. The van der Waals surface area contributed by atoms with Crippen LogP contribution in [0.3, 0.4) is 0 Å². The minimum atomic E-state index is -0.251. The Morgan fingerprint density at radius 2 is 1.81 bits per heavy atom. The van der Waals surface area contributed by atoms with Crippen LogP contribution in [0.5, 0.6) is 0 Å². The van der Waals surface area contributed by atoms with Gasteiger partial charge in [-0.3, -0.25) is 4.79 Å². The molecule has 3 rings (SSSR count). The third-order valence-electron chi connectivity index (χ3n) is 4.63. The zero-order chi connectivity index (χ0) is 14.7. The van der Waals surface area contributed by atoms with E-state index < -0.39 is 0 Å². The number of hydrogen-bond donors (Lipinski definition) is 0. The summed E-state index contributed by atoms with van der Waals surface area (Å²) in [4.78, 5) is 17.0. The Bertz CT molecular complexity index is 482. The Hall–Kier alpha value is -1.42. The fourth-order valence-corrected chi connectivity index (χ4v) is 3.50. The number of hydrogen-bond acceptors (Lipinski definition) is 2. The highest BCUT2D eigenvalue weighted by atomic mass is 19.1. The number of likely N-dealkylation sites (tertiary alicyclic amines) is 2. The molecule has 1 amide bonds. The second-order valence-corrected chi connectivity index (χ2v) is 6.19. The van der Waals surface area contributed by atoms with Gasteiger partial charge in [-0.2, -0.15) is 0 Å². The van der Waals surface area contributed by atoms with Gasteiger partial charge >= 0.3 is 0 Å². The van der Waals surface area contributed by atoms with E-state index in [1.165, 1.54) is 38.1 Å². The molecule has 0 radical (unpaired) electrons. The van der Waals surface area contributed by atoms with Crippen LogP contribution in [0, 0.1) is 5.82 Å². The molecule has 0 saturated carbocycles. The number of nitrogens with zero attached hydrogens (tertiary/aromatic N) is 2. The van der Waals surface area contributed by atoms with E-state index >= 15 is 0 Å². The van der Waals surface area contributed by atoms with Crippen molar-refractivity contribution < 1.29 is 9.18 Å². The third kappa shape index (κ3) is 3.62. The van der Waals surface area contributed by atoms with E-state index in [9.17, 15) is 9.18 Å². The molecule has 3 nitrogen and oxygen atoms in total. The van der Waals surface area contributed by atoms with Crippen LogP contribution < -0.4 is 0 Å². The first-order valence-electron chi connectivity index (χ1n) is 7.98. The highest BCUT2D eigenvalue weighted by molar-refractivity contribution is 5.79. The number of carbonyl (C=O) groups excluding carboxylic acids is 1. The molecule has 0 spiro atoms. The van der Waals surface area contributed by atoms with Crippen LogP contribution in [0.4, 0.5) is 4.39 Å². The predicted octanol–water partition coefficient (Wildman–Crippen LogP) is 2.46. The van der Waals surface area contributed by atoms with Crippen LogP contribution in [0.2, 0.25) is 0 Å². The van der Waals surface area contributed by atoms with Crippen LogP contribution in [-0.2, 0) is 11.2 Å². The van der Waals surface area contributed by atoms with Crippen molar-refractivity contribution in [2.24, 2.45) is 0 Å². The lowest BCUT2D eigenvalue weighted by molar-refractivity contribution is -0.131. The van der Waals surface area contributed by atoms with E-state index in [0.717, 1.165) is 31.5 Å². The number of carbonyl (C=O) groups is 1. The van der Waals surface area contributed by atoms with Crippen molar-refractivity contribution in [1.29, 1.82) is 0 Å². The topological polar surface area (TPSA) is 23.6 Å². The van der Waals surface area contributed by atoms with Gasteiger partial charge in [-0.25, -0.2) is 4.39 Å². The van der Waals surface area contributed by atoms with Crippen LogP contribution in [0.1, 0.15) is 31.2 Å². The zero-order valence-electron chi connectivity index (χ0n) is 12.4. The lowest BCUT2D eigenvalue weighted by Crippen LogP contribution is -2.43. The van der Waals surface area contributed by atoms with Crippen molar-refractivity contribution in [1.82, 2.24) is 9.80 Å². The summed E-state index contributed by atoms with van der Waals surface area (Å²) in [6.07, 6.45) is 5.18. The number of halogens is 1. The summed E-state index contributed by atoms with van der Waals surface area (Å²) in [5, 5.41) is 0. The summed E-state index contributed by atoms with van der Waals surface area (Å²) in [7, 11) is 0. The average molecular weight is 290 g/mol. The summed E-state index contributed by atoms with van der Waals surface area (Å²) in [5.74, 6) is -0.0670. The molecule has 4 heteroatoms. The Morgan fingerprint density at radius 3 is 2.52 bits per heavy atom. The van der Waals surface area contributed by atoms with Gasteiger partial charge in [0.25, 0.3) is 0 Å². The molecule has 114 valence electrons. The minimum Gasteiger partial charge on any atom is -0.338 e. The SMILES string of the molecule is O=C(Cc1ccc(F)cc1)N1CCC[C@H]1CN1CCCC1. The molecular formula is C17H23FN2O. The van der Waals surface area contributed by atoms with Crippen LogP contribution >= 0.6 is 0 Å². The van der Waals surface area contributed by atoms with E-state index in [4.69, 9.17) is 0 Å². The molecule has 21 heavy (non-hydrogen) atoms.